The third-order valence-corrected chi connectivity index (χ3v) is 7.74. The van der Waals surface area contributed by atoms with E-state index in [1.807, 2.05) is 6.20 Å². The molecule has 2 aliphatic rings. The Kier molecular flexibility index (Phi) is 7.39. The molecule has 2 aliphatic carbocycles. The van der Waals surface area contributed by atoms with E-state index in [9.17, 15) is 0 Å². The molecular weight excluding hydrogens is 410 g/mol. The number of aromatic nitrogens is 1. The summed E-state index contributed by atoms with van der Waals surface area (Å²) in [5.41, 5.74) is 9.74. The molecule has 1 fully saturated rings. The van der Waals surface area contributed by atoms with Crippen LogP contribution in [0.5, 0.6) is 0 Å². The Bertz CT molecular complexity index is 1150. The molecule has 2 aromatic carbocycles. The topological polar surface area (TPSA) is 12.9 Å². The van der Waals surface area contributed by atoms with E-state index in [-0.39, 0.29) is 0 Å². The molecule has 0 unspecified atom stereocenters. The highest BCUT2D eigenvalue weighted by molar-refractivity contribution is 5.72. The van der Waals surface area contributed by atoms with Crippen LogP contribution >= 0.6 is 0 Å². The molecule has 1 heterocycles. The molecule has 0 aliphatic heterocycles. The van der Waals surface area contributed by atoms with Crippen LogP contribution in [0.3, 0.4) is 0 Å². The van der Waals surface area contributed by atoms with Gasteiger partial charge in [-0.05, 0) is 90.3 Å². The van der Waals surface area contributed by atoms with E-state index < -0.39 is 0 Å². The van der Waals surface area contributed by atoms with Crippen LogP contribution in [-0.4, -0.2) is 4.98 Å². The number of hydrogen-bond acceptors (Lipinski definition) is 1. The molecule has 0 spiro atoms. The van der Waals surface area contributed by atoms with Crippen molar-refractivity contribution in [1.82, 2.24) is 4.98 Å². The first-order valence-electron chi connectivity index (χ1n) is 13.2. The lowest BCUT2D eigenvalue weighted by molar-refractivity contribution is 0.289. The van der Waals surface area contributed by atoms with Crippen LogP contribution < -0.4 is 0 Å². The van der Waals surface area contributed by atoms with Gasteiger partial charge >= 0.3 is 0 Å². The molecule has 0 saturated heterocycles. The summed E-state index contributed by atoms with van der Waals surface area (Å²) >= 11 is 0. The minimum absolute atomic E-state index is 0.866. The second-order valence-electron chi connectivity index (χ2n) is 10.5. The third kappa shape index (κ3) is 6.14. The summed E-state index contributed by atoms with van der Waals surface area (Å²) in [6.45, 7) is 2.40. The molecule has 174 valence electrons. The number of rotatable bonds is 8. The van der Waals surface area contributed by atoms with E-state index in [1.165, 1.54) is 71.2 Å². The van der Waals surface area contributed by atoms with Crippen molar-refractivity contribution in [1.29, 1.82) is 0 Å². The van der Waals surface area contributed by atoms with Gasteiger partial charge in [-0.1, -0.05) is 92.1 Å². The Morgan fingerprint density at radius 2 is 1.56 bits per heavy atom. The number of allylic oxidation sites excluding steroid dienone is 4. The Morgan fingerprint density at radius 1 is 0.765 bits per heavy atom. The van der Waals surface area contributed by atoms with E-state index in [0.717, 1.165) is 37.5 Å². The molecule has 3 aromatic rings. The molecule has 1 aromatic heterocycles. The summed E-state index contributed by atoms with van der Waals surface area (Å²) in [7, 11) is 0. The lowest BCUT2D eigenvalue weighted by atomic mass is 9.80. The van der Waals surface area contributed by atoms with Gasteiger partial charge in [0, 0.05) is 18.3 Å². The van der Waals surface area contributed by atoms with Gasteiger partial charge in [0.2, 0.25) is 0 Å². The standard InChI is InChI=1S/C33H37N/c1-25-10-12-27(13-11-25)20-29-8-5-9-30(21-29)23-33-24-32(18-19-34-33)31-17-16-28(22-31)15-14-26-6-3-2-4-7-26/h2-9,16-19,21,24-25,27H,10-15,20,22-23H2,1H3. The van der Waals surface area contributed by atoms with Crippen molar-refractivity contribution in [2.24, 2.45) is 11.8 Å². The predicted molar refractivity (Wildman–Crippen MR) is 144 cm³/mol. The van der Waals surface area contributed by atoms with Crippen LogP contribution in [0.25, 0.3) is 5.57 Å². The summed E-state index contributed by atoms with van der Waals surface area (Å²) in [6.07, 6.45) is 17.7. The fourth-order valence-corrected chi connectivity index (χ4v) is 5.62. The van der Waals surface area contributed by atoms with E-state index in [0.29, 0.717) is 0 Å². The van der Waals surface area contributed by atoms with Crippen LogP contribution in [-0.2, 0) is 19.3 Å². The summed E-state index contributed by atoms with van der Waals surface area (Å²) < 4.78 is 0. The van der Waals surface area contributed by atoms with Gasteiger partial charge in [-0.2, -0.15) is 0 Å². The van der Waals surface area contributed by atoms with Crippen molar-refractivity contribution in [2.45, 2.75) is 64.7 Å². The van der Waals surface area contributed by atoms with Gasteiger partial charge < -0.3 is 0 Å². The zero-order chi connectivity index (χ0) is 23.2. The van der Waals surface area contributed by atoms with Crippen LogP contribution in [0.4, 0.5) is 0 Å². The maximum atomic E-state index is 4.71. The molecule has 34 heavy (non-hydrogen) atoms. The highest BCUT2D eigenvalue weighted by Crippen LogP contribution is 2.32. The Balaban J connectivity index is 1.17. The van der Waals surface area contributed by atoms with E-state index in [2.05, 4.69) is 85.8 Å². The zero-order valence-corrected chi connectivity index (χ0v) is 20.5. The summed E-state index contributed by atoms with van der Waals surface area (Å²) in [6, 6.07) is 24.5. The van der Waals surface area contributed by atoms with Crippen LogP contribution in [0.1, 0.15) is 73.4 Å². The maximum Gasteiger partial charge on any atom is 0.0453 e. The van der Waals surface area contributed by atoms with Gasteiger partial charge in [0.25, 0.3) is 0 Å². The lowest BCUT2D eigenvalue weighted by Gasteiger charge is -2.26. The number of hydrogen-bond donors (Lipinski definition) is 0. The van der Waals surface area contributed by atoms with Crippen LogP contribution in [0, 0.1) is 11.8 Å². The predicted octanol–water partition coefficient (Wildman–Crippen LogP) is 8.39. The van der Waals surface area contributed by atoms with Crippen LogP contribution in [0.2, 0.25) is 0 Å². The first-order chi connectivity index (χ1) is 16.7. The Hall–Kier alpha value is -2.93. The average molecular weight is 448 g/mol. The van der Waals surface area contributed by atoms with Gasteiger partial charge in [0.1, 0.15) is 0 Å². The van der Waals surface area contributed by atoms with Gasteiger partial charge in [-0.25, -0.2) is 0 Å². The normalized spacial score (nSPS) is 20.1. The number of benzene rings is 2. The zero-order valence-electron chi connectivity index (χ0n) is 20.5. The van der Waals surface area contributed by atoms with E-state index >= 15 is 0 Å². The second-order valence-corrected chi connectivity index (χ2v) is 10.5. The number of pyridine rings is 1. The number of nitrogens with zero attached hydrogens (tertiary/aromatic N) is 1. The minimum atomic E-state index is 0.866. The second kappa shape index (κ2) is 11.0. The van der Waals surface area contributed by atoms with Gasteiger partial charge in [-0.15, -0.1) is 0 Å². The molecule has 0 radical (unpaired) electrons. The fourth-order valence-electron chi connectivity index (χ4n) is 5.62. The van der Waals surface area contributed by atoms with Crippen molar-refractivity contribution in [3.05, 3.63) is 119 Å². The van der Waals surface area contributed by atoms with Crippen molar-refractivity contribution in [2.75, 3.05) is 0 Å². The highest BCUT2D eigenvalue weighted by Gasteiger charge is 2.18. The summed E-state index contributed by atoms with van der Waals surface area (Å²) in [5, 5.41) is 0. The largest absolute Gasteiger partial charge is 0.261 e. The number of aryl methyl sites for hydroxylation is 1. The van der Waals surface area contributed by atoms with Crippen molar-refractivity contribution >= 4 is 5.57 Å². The molecular formula is C33H37N. The fraction of sp³-hybridized carbons (Fsp3) is 0.364. The lowest BCUT2D eigenvalue weighted by Crippen LogP contribution is -2.14. The molecule has 0 amide bonds. The Labute approximate surface area is 205 Å². The SMILES string of the molecule is CC1CCC(Cc2cccc(Cc3cc(C4=CC=C(CCc5ccccc5)C4)ccn3)c2)CC1. The monoisotopic (exact) mass is 447 g/mol. The van der Waals surface area contributed by atoms with E-state index in [4.69, 9.17) is 4.98 Å². The third-order valence-electron chi connectivity index (χ3n) is 7.74. The first kappa shape index (κ1) is 22.8. The molecule has 0 N–H and O–H groups in total. The maximum absolute atomic E-state index is 4.71. The first-order valence-corrected chi connectivity index (χ1v) is 13.2. The highest BCUT2D eigenvalue weighted by atomic mass is 14.7. The minimum Gasteiger partial charge on any atom is -0.261 e. The molecule has 0 atom stereocenters. The summed E-state index contributed by atoms with van der Waals surface area (Å²) in [5.74, 6) is 1.79. The van der Waals surface area contributed by atoms with Gasteiger partial charge in [0.05, 0.1) is 0 Å². The molecule has 1 nitrogen and oxygen atoms in total. The molecule has 0 bridgehead atoms. The summed E-state index contributed by atoms with van der Waals surface area (Å²) in [4.78, 5) is 4.71. The van der Waals surface area contributed by atoms with Crippen molar-refractivity contribution in [3.63, 3.8) is 0 Å². The molecule has 1 heteroatoms. The quantitative estimate of drug-likeness (QED) is 0.338. The average Bonchev–Trinajstić information content (AvgIpc) is 3.35. The van der Waals surface area contributed by atoms with Crippen molar-refractivity contribution in [3.8, 4) is 0 Å². The smallest absolute Gasteiger partial charge is 0.0453 e. The molecule has 1 saturated carbocycles. The molecule has 5 rings (SSSR count). The Morgan fingerprint density at radius 3 is 2.41 bits per heavy atom. The van der Waals surface area contributed by atoms with Crippen molar-refractivity contribution < 1.29 is 0 Å². The van der Waals surface area contributed by atoms with Gasteiger partial charge in [-0.3, -0.25) is 4.98 Å². The van der Waals surface area contributed by atoms with Gasteiger partial charge in [0.15, 0.2) is 0 Å². The van der Waals surface area contributed by atoms with Crippen LogP contribution in [0.15, 0.2) is 90.7 Å². The van der Waals surface area contributed by atoms with E-state index in [1.54, 1.807) is 0 Å².